The summed E-state index contributed by atoms with van der Waals surface area (Å²) in [5.41, 5.74) is 1.94. The topological polar surface area (TPSA) is 56.8 Å². The highest BCUT2D eigenvalue weighted by Crippen LogP contribution is 2.24. The van der Waals surface area contributed by atoms with Crippen LogP contribution in [0.3, 0.4) is 0 Å². The van der Waals surface area contributed by atoms with E-state index in [1.165, 1.54) is 0 Å². The molecular weight excluding hydrogens is 378 g/mol. The number of ether oxygens (including phenoxy) is 3. The Morgan fingerprint density at radius 1 is 0.893 bits per heavy atom. The van der Waals surface area contributed by atoms with Gasteiger partial charge < -0.3 is 19.5 Å². The van der Waals surface area contributed by atoms with Crippen LogP contribution in [0.15, 0.2) is 66.7 Å². The molecule has 6 heteroatoms. The zero-order valence-electron chi connectivity index (χ0n) is 15.6. The molecule has 1 N–H and O–H groups in total. The van der Waals surface area contributed by atoms with Gasteiger partial charge in [0, 0.05) is 21.8 Å². The quantitative estimate of drug-likeness (QED) is 0.596. The van der Waals surface area contributed by atoms with Crippen molar-refractivity contribution < 1.29 is 19.0 Å². The van der Waals surface area contributed by atoms with Crippen molar-refractivity contribution in [3.8, 4) is 17.2 Å². The predicted molar refractivity (Wildman–Crippen MR) is 110 cm³/mol. The smallest absolute Gasteiger partial charge is 0.255 e. The third kappa shape index (κ3) is 4.96. The highest BCUT2D eigenvalue weighted by Gasteiger charge is 2.11. The van der Waals surface area contributed by atoms with Gasteiger partial charge in [0.2, 0.25) is 0 Å². The molecule has 0 saturated heterocycles. The Labute approximate surface area is 168 Å². The number of hydrogen-bond donors (Lipinski definition) is 1. The summed E-state index contributed by atoms with van der Waals surface area (Å²) in [6.45, 7) is 0.261. The van der Waals surface area contributed by atoms with Crippen LogP contribution in [0.2, 0.25) is 5.02 Å². The van der Waals surface area contributed by atoms with Crippen molar-refractivity contribution in [1.82, 2.24) is 0 Å². The van der Waals surface area contributed by atoms with E-state index in [4.69, 9.17) is 25.8 Å². The molecule has 28 heavy (non-hydrogen) atoms. The van der Waals surface area contributed by atoms with E-state index < -0.39 is 0 Å². The van der Waals surface area contributed by atoms with E-state index in [1.807, 2.05) is 24.3 Å². The maximum atomic E-state index is 12.6. The first-order valence-corrected chi connectivity index (χ1v) is 8.97. The summed E-state index contributed by atoms with van der Waals surface area (Å²) < 4.78 is 16.3. The molecule has 3 rings (SSSR count). The number of carbonyl (C=O) groups excluding carboxylic acids is 1. The van der Waals surface area contributed by atoms with Crippen LogP contribution in [0.4, 0.5) is 5.69 Å². The number of benzene rings is 3. The highest BCUT2D eigenvalue weighted by atomic mass is 35.5. The third-order valence-corrected chi connectivity index (χ3v) is 4.35. The van der Waals surface area contributed by atoms with Gasteiger partial charge in [-0.25, -0.2) is 0 Å². The van der Waals surface area contributed by atoms with Crippen molar-refractivity contribution in [1.29, 1.82) is 0 Å². The Morgan fingerprint density at radius 2 is 1.57 bits per heavy atom. The van der Waals surface area contributed by atoms with Crippen molar-refractivity contribution in [2.75, 3.05) is 19.5 Å². The Hall–Kier alpha value is -3.18. The standard InChI is InChI=1S/C22H20ClNO4/c1-26-19-8-10-20(11-9-19)28-14-16-13-15(3-12-21(16)27-2)22(25)24-18-6-4-17(23)5-7-18/h3-13H,14H2,1-2H3,(H,24,25). The van der Waals surface area contributed by atoms with Gasteiger partial charge in [-0.1, -0.05) is 11.6 Å². The van der Waals surface area contributed by atoms with E-state index in [1.54, 1.807) is 56.7 Å². The van der Waals surface area contributed by atoms with Crippen molar-refractivity contribution >= 4 is 23.2 Å². The molecule has 0 fully saturated rings. The fourth-order valence-electron chi connectivity index (χ4n) is 2.60. The molecule has 5 nitrogen and oxygen atoms in total. The second kappa shape index (κ2) is 9.15. The Morgan fingerprint density at radius 3 is 2.21 bits per heavy atom. The predicted octanol–water partition coefficient (Wildman–Crippen LogP) is 5.19. The second-order valence-corrected chi connectivity index (χ2v) is 6.39. The highest BCUT2D eigenvalue weighted by molar-refractivity contribution is 6.30. The van der Waals surface area contributed by atoms with Gasteiger partial charge in [0.25, 0.3) is 5.91 Å². The maximum Gasteiger partial charge on any atom is 0.255 e. The van der Waals surface area contributed by atoms with Crippen molar-refractivity contribution in [2.45, 2.75) is 6.61 Å². The molecule has 0 aliphatic carbocycles. The van der Waals surface area contributed by atoms with Gasteiger partial charge in [-0.15, -0.1) is 0 Å². The third-order valence-electron chi connectivity index (χ3n) is 4.10. The Kier molecular flexibility index (Phi) is 6.40. The number of carbonyl (C=O) groups is 1. The Bertz CT molecular complexity index is 940. The normalized spacial score (nSPS) is 10.2. The lowest BCUT2D eigenvalue weighted by atomic mass is 10.1. The minimum Gasteiger partial charge on any atom is -0.497 e. The number of methoxy groups -OCH3 is 2. The molecule has 0 aliphatic heterocycles. The molecule has 0 unspecified atom stereocenters. The lowest BCUT2D eigenvalue weighted by molar-refractivity contribution is 0.102. The molecule has 0 saturated carbocycles. The first kappa shape index (κ1) is 19.6. The SMILES string of the molecule is COc1ccc(OCc2cc(C(=O)Nc3ccc(Cl)cc3)ccc2OC)cc1. The number of nitrogens with one attached hydrogen (secondary N) is 1. The van der Waals surface area contributed by atoms with E-state index in [9.17, 15) is 4.79 Å². The first-order chi connectivity index (χ1) is 13.6. The number of amides is 1. The first-order valence-electron chi connectivity index (χ1n) is 8.59. The molecule has 0 bridgehead atoms. The van der Waals surface area contributed by atoms with Gasteiger partial charge in [-0.2, -0.15) is 0 Å². The fourth-order valence-corrected chi connectivity index (χ4v) is 2.73. The molecule has 0 radical (unpaired) electrons. The minimum atomic E-state index is -0.226. The van der Waals surface area contributed by atoms with Crippen LogP contribution in [0.5, 0.6) is 17.2 Å². The van der Waals surface area contributed by atoms with Crippen LogP contribution < -0.4 is 19.5 Å². The van der Waals surface area contributed by atoms with Crippen molar-refractivity contribution in [3.05, 3.63) is 82.9 Å². The Balaban J connectivity index is 1.73. The van der Waals surface area contributed by atoms with Crippen LogP contribution in [-0.4, -0.2) is 20.1 Å². The van der Waals surface area contributed by atoms with E-state index >= 15 is 0 Å². The second-order valence-electron chi connectivity index (χ2n) is 5.95. The largest absolute Gasteiger partial charge is 0.497 e. The van der Waals surface area contributed by atoms with Gasteiger partial charge in [-0.3, -0.25) is 4.79 Å². The zero-order chi connectivity index (χ0) is 19.9. The van der Waals surface area contributed by atoms with Gasteiger partial charge in [0.15, 0.2) is 0 Å². The summed E-state index contributed by atoms with van der Waals surface area (Å²) in [4.78, 5) is 12.6. The lowest BCUT2D eigenvalue weighted by Gasteiger charge is -2.13. The molecule has 3 aromatic rings. The summed E-state index contributed by atoms with van der Waals surface area (Å²) in [7, 11) is 3.20. The molecule has 0 spiro atoms. The molecule has 3 aromatic carbocycles. The van der Waals surface area contributed by atoms with Gasteiger partial charge in [-0.05, 0) is 66.7 Å². The van der Waals surface area contributed by atoms with Crippen LogP contribution in [0.25, 0.3) is 0 Å². The number of anilines is 1. The molecular formula is C22H20ClNO4. The maximum absolute atomic E-state index is 12.6. The molecule has 144 valence electrons. The van der Waals surface area contributed by atoms with E-state index in [2.05, 4.69) is 5.32 Å². The molecule has 0 aliphatic rings. The average Bonchev–Trinajstić information content (AvgIpc) is 2.74. The van der Waals surface area contributed by atoms with Crippen LogP contribution in [0.1, 0.15) is 15.9 Å². The van der Waals surface area contributed by atoms with E-state index in [0.29, 0.717) is 27.8 Å². The fraction of sp³-hybridized carbons (Fsp3) is 0.136. The van der Waals surface area contributed by atoms with Gasteiger partial charge in [0.05, 0.1) is 14.2 Å². The summed E-state index contributed by atoms with van der Waals surface area (Å²) in [6.07, 6.45) is 0. The van der Waals surface area contributed by atoms with Gasteiger partial charge in [0.1, 0.15) is 23.9 Å². The molecule has 0 aromatic heterocycles. The lowest BCUT2D eigenvalue weighted by Crippen LogP contribution is -2.12. The van der Waals surface area contributed by atoms with Crippen LogP contribution in [-0.2, 0) is 6.61 Å². The van der Waals surface area contributed by atoms with E-state index in [-0.39, 0.29) is 12.5 Å². The molecule has 0 heterocycles. The molecule has 1 amide bonds. The summed E-state index contributed by atoms with van der Waals surface area (Å²) in [5, 5.41) is 3.45. The van der Waals surface area contributed by atoms with E-state index in [0.717, 1.165) is 11.3 Å². The van der Waals surface area contributed by atoms with Crippen molar-refractivity contribution in [2.24, 2.45) is 0 Å². The minimum absolute atomic E-state index is 0.226. The number of rotatable bonds is 7. The number of halogens is 1. The van der Waals surface area contributed by atoms with Gasteiger partial charge >= 0.3 is 0 Å². The monoisotopic (exact) mass is 397 g/mol. The summed E-state index contributed by atoms with van der Waals surface area (Å²) in [6, 6.07) is 19.4. The molecule has 0 atom stereocenters. The van der Waals surface area contributed by atoms with Crippen LogP contribution >= 0.6 is 11.6 Å². The van der Waals surface area contributed by atoms with Crippen LogP contribution in [0, 0.1) is 0 Å². The summed E-state index contributed by atoms with van der Waals surface area (Å²) in [5.74, 6) is 1.87. The zero-order valence-corrected chi connectivity index (χ0v) is 16.3. The summed E-state index contributed by atoms with van der Waals surface area (Å²) >= 11 is 5.87. The van der Waals surface area contributed by atoms with Crippen molar-refractivity contribution in [3.63, 3.8) is 0 Å². The number of hydrogen-bond acceptors (Lipinski definition) is 4. The average molecular weight is 398 g/mol.